The maximum atomic E-state index is 10.8. The zero-order valence-corrected chi connectivity index (χ0v) is 11.8. The lowest BCUT2D eigenvalue weighted by Crippen LogP contribution is -2.33. The summed E-state index contributed by atoms with van der Waals surface area (Å²) >= 11 is 0. The lowest BCUT2D eigenvalue weighted by molar-refractivity contribution is 0.161. The zero-order chi connectivity index (χ0) is 13.8. The fraction of sp³-hybridized carbons (Fsp3) is 0.938. The van der Waals surface area contributed by atoms with Gasteiger partial charge in [-0.1, -0.05) is 39.5 Å². The van der Waals surface area contributed by atoms with Gasteiger partial charge < -0.3 is 0 Å². The third-order valence-corrected chi connectivity index (χ3v) is 4.93. The van der Waals surface area contributed by atoms with Gasteiger partial charge in [0.1, 0.15) is 0 Å². The Balaban J connectivity index is 2.04. The van der Waals surface area contributed by atoms with E-state index in [0.29, 0.717) is 17.8 Å². The molecule has 102 valence electrons. The second-order valence-corrected chi connectivity index (χ2v) is 6.53. The van der Waals surface area contributed by atoms with Gasteiger partial charge in [0.05, 0.1) is 6.04 Å². The number of hydrogen-bond donors (Lipinski definition) is 0. The number of nitrogens with zero attached hydrogens (tertiary/aromatic N) is 1. The second kappa shape index (κ2) is 6.52. The SMILES string of the molecule is [2H]C1CCC(C(N=C=O)C2CCCC(C)C2)CC1C. The summed E-state index contributed by atoms with van der Waals surface area (Å²) in [5.74, 6) is 2.30. The highest BCUT2D eigenvalue weighted by molar-refractivity contribution is 5.34. The molecule has 0 heterocycles. The van der Waals surface area contributed by atoms with Crippen LogP contribution in [0.4, 0.5) is 0 Å². The van der Waals surface area contributed by atoms with E-state index in [2.05, 4.69) is 18.8 Å². The van der Waals surface area contributed by atoms with Gasteiger partial charge >= 0.3 is 0 Å². The third kappa shape index (κ3) is 3.45. The van der Waals surface area contributed by atoms with Gasteiger partial charge in [-0.3, -0.25) is 0 Å². The molecule has 0 N–H and O–H groups in total. The normalized spacial score (nSPS) is 43.7. The van der Waals surface area contributed by atoms with E-state index in [-0.39, 0.29) is 12.4 Å². The highest BCUT2D eigenvalue weighted by atomic mass is 16.1. The van der Waals surface area contributed by atoms with Crippen LogP contribution in [-0.4, -0.2) is 12.1 Å². The van der Waals surface area contributed by atoms with Crippen LogP contribution in [0.5, 0.6) is 0 Å². The van der Waals surface area contributed by atoms with Crippen molar-refractivity contribution in [3.05, 3.63) is 0 Å². The summed E-state index contributed by atoms with van der Waals surface area (Å²) in [6.07, 6.45) is 10.1. The first-order chi connectivity index (χ1) is 9.11. The standard InChI is InChI=1S/C16H27NO/c1-12-5-3-7-14(9-12)16(17-11-18)15-8-4-6-13(2)10-15/h12-16H,3-10H2,1-2H3/i5D. The van der Waals surface area contributed by atoms with E-state index in [1.807, 2.05) is 6.08 Å². The van der Waals surface area contributed by atoms with Gasteiger partial charge in [0, 0.05) is 1.37 Å². The average molecular weight is 250 g/mol. The Bertz CT molecular complexity index is 340. The molecule has 0 saturated heterocycles. The molecule has 2 aliphatic carbocycles. The summed E-state index contributed by atoms with van der Waals surface area (Å²) < 4.78 is 7.98. The quantitative estimate of drug-likeness (QED) is 0.541. The van der Waals surface area contributed by atoms with Gasteiger partial charge in [0.2, 0.25) is 6.08 Å². The summed E-state index contributed by atoms with van der Waals surface area (Å²) in [5, 5.41) is 0. The Kier molecular flexibility index (Phi) is 4.50. The van der Waals surface area contributed by atoms with Crippen LogP contribution in [0.1, 0.15) is 66.6 Å². The van der Waals surface area contributed by atoms with Crippen molar-refractivity contribution < 1.29 is 6.17 Å². The van der Waals surface area contributed by atoms with Gasteiger partial charge in [-0.2, -0.15) is 0 Å². The Morgan fingerprint density at radius 3 is 2.39 bits per heavy atom. The van der Waals surface area contributed by atoms with E-state index in [1.54, 1.807) is 0 Å². The first kappa shape index (κ1) is 12.4. The van der Waals surface area contributed by atoms with E-state index in [9.17, 15) is 4.79 Å². The molecule has 2 aliphatic rings. The first-order valence-electron chi connectivity index (χ1n) is 8.18. The molecule has 0 amide bonds. The second-order valence-electron chi connectivity index (χ2n) is 6.53. The summed E-state index contributed by atoms with van der Waals surface area (Å²) in [6.45, 7) is 4.49. The monoisotopic (exact) mass is 250 g/mol. The molecule has 2 nitrogen and oxygen atoms in total. The van der Waals surface area contributed by atoms with E-state index in [1.165, 1.54) is 25.7 Å². The van der Waals surface area contributed by atoms with Gasteiger partial charge in [-0.05, 0) is 49.4 Å². The summed E-state index contributed by atoms with van der Waals surface area (Å²) in [7, 11) is 0. The van der Waals surface area contributed by atoms with Crippen LogP contribution in [0, 0.1) is 23.7 Å². The molecule has 2 rings (SSSR count). The van der Waals surface area contributed by atoms with Crippen LogP contribution in [-0.2, 0) is 4.79 Å². The molecule has 2 heteroatoms. The van der Waals surface area contributed by atoms with Crippen LogP contribution in [0.25, 0.3) is 0 Å². The molecule has 0 spiro atoms. The Morgan fingerprint density at radius 2 is 1.78 bits per heavy atom. The summed E-state index contributed by atoms with van der Waals surface area (Å²) in [4.78, 5) is 15.0. The van der Waals surface area contributed by atoms with Crippen LogP contribution < -0.4 is 0 Å². The fourth-order valence-electron chi connectivity index (χ4n) is 4.04. The predicted octanol–water partition coefficient (Wildman–Crippen LogP) is 4.34. The van der Waals surface area contributed by atoms with Crippen LogP contribution >= 0.6 is 0 Å². The van der Waals surface area contributed by atoms with Crippen molar-refractivity contribution in [1.82, 2.24) is 0 Å². The Hall–Kier alpha value is -0.620. The first-order valence-corrected chi connectivity index (χ1v) is 7.61. The molecule has 6 atom stereocenters. The highest BCUT2D eigenvalue weighted by Crippen LogP contribution is 2.40. The van der Waals surface area contributed by atoms with E-state index in [4.69, 9.17) is 1.37 Å². The molecule has 0 aromatic rings. The summed E-state index contributed by atoms with van der Waals surface area (Å²) in [6, 6.07) is 0.176. The number of hydrogen-bond acceptors (Lipinski definition) is 2. The van der Waals surface area contributed by atoms with Gasteiger partial charge in [-0.15, -0.1) is 0 Å². The van der Waals surface area contributed by atoms with Crippen molar-refractivity contribution in [2.75, 3.05) is 0 Å². The van der Waals surface area contributed by atoms with E-state index >= 15 is 0 Å². The molecule has 0 bridgehead atoms. The van der Waals surface area contributed by atoms with Crippen molar-refractivity contribution in [1.29, 1.82) is 0 Å². The maximum absolute atomic E-state index is 10.8. The minimum absolute atomic E-state index is 0.0855. The molecular formula is C16H27NO. The number of aliphatic imine (C=N–C) groups is 1. The van der Waals surface area contributed by atoms with E-state index < -0.39 is 0 Å². The third-order valence-electron chi connectivity index (χ3n) is 4.93. The van der Waals surface area contributed by atoms with Gasteiger partial charge in [0.25, 0.3) is 0 Å². The predicted molar refractivity (Wildman–Crippen MR) is 74.2 cm³/mol. The lowest BCUT2D eigenvalue weighted by Gasteiger charge is -2.37. The van der Waals surface area contributed by atoms with Crippen molar-refractivity contribution in [2.24, 2.45) is 28.7 Å². The molecule has 0 aromatic carbocycles. The maximum Gasteiger partial charge on any atom is 0.235 e. The molecule has 6 unspecified atom stereocenters. The number of carbonyl (C=O) groups excluding carboxylic acids is 1. The number of rotatable bonds is 3. The lowest BCUT2D eigenvalue weighted by atomic mass is 9.70. The Morgan fingerprint density at radius 1 is 1.11 bits per heavy atom. The average Bonchev–Trinajstić information content (AvgIpc) is 2.39. The molecular weight excluding hydrogens is 222 g/mol. The Labute approximate surface area is 113 Å². The topological polar surface area (TPSA) is 29.4 Å². The minimum Gasteiger partial charge on any atom is -0.211 e. The number of isocyanates is 1. The minimum atomic E-state index is 0.0855. The smallest absolute Gasteiger partial charge is 0.211 e. The molecule has 0 aromatic heterocycles. The van der Waals surface area contributed by atoms with Crippen molar-refractivity contribution in [3.63, 3.8) is 0 Å². The van der Waals surface area contributed by atoms with E-state index in [0.717, 1.165) is 25.2 Å². The van der Waals surface area contributed by atoms with Gasteiger partial charge in [0.15, 0.2) is 0 Å². The zero-order valence-electron chi connectivity index (χ0n) is 12.8. The molecule has 2 fully saturated rings. The molecule has 0 aliphatic heterocycles. The van der Waals surface area contributed by atoms with Crippen LogP contribution in [0.15, 0.2) is 4.99 Å². The van der Waals surface area contributed by atoms with Crippen LogP contribution in [0.2, 0.25) is 0 Å². The summed E-state index contributed by atoms with van der Waals surface area (Å²) in [5.41, 5.74) is 0. The molecule has 0 radical (unpaired) electrons. The largest absolute Gasteiger partial charge is 0.235 e. The molecule has 18 heavy (non-hydrogen) atoms. The van der Waals surface area contributed by atoms with Crippen LogP contribution in [0.3, 0.4) is 0 Å². The van der Waals surface area contributed by atoms with Crippen molar-refractivity contribution in [3.8, 4) is 0 Å². The van der Waals surface area contributed by atoms with Crippen molar-refractivity contribution in [2.45, 2.75) is 71.2 Å². The van der Waals surface area contributed by atoms with Gasteiger partial charge in [-0.25, -0.2) is 9.79 Å². The van der Waals surface area contributed by atoms with Crippen molar-refractivity contribution >= 4 is 6.08 Å². The fourth-order valence-corrected chi connectivity index (χ4v) is 4.04. The molecule has 2 saturated carbocycles. The highest BCUT2D eigenvalue weighted by Gasteiger charge is 2.34.